The fraction of sp³-hybridized carbons (Fsp3) is 0.300. The number of alkyl halides is 1. The molecule has 1 amide bonds. The molecule has 76 valence electrons. The van der Waals surface area contributed by atoms with E-state index in [1.807, 2.05) is 0 Å². The highest BCUT2D eigenvalue weighted by atomic mass is 35.5. The molecule has 0 aliphatic heterocycles. The summed E-state index contributed by atoms with van der Waals surface area (Å²) in [7, 11) is 0. The molecule has 0 saturated carbocycles. The number of anilines is 1. The van der Waals surface area contributed by atoms with Crippen molar-refractivity contribution >= 4 is 23.2 Å². The average molecular weight is 216 g/mol. The molecular formula is C10H11ClFNO. The number of amides is 1. The zero-order valence-electron chi connectivity index (χ0n) is 7.97. The van der Waals surface area contributed by atoms with E-state index in [9.17, 15) is 9.18 Å². The van der Waals surface area contributed by atoms with Gasteiger partial charge in [0.25, 0.3) is 0 Å². The first kappa shape index (κ1) is 11.0. The first-order valence-electron chi connectivity index (χ1n) is 4.22. The number of nitrogens with one attached hydrogen (secondary N) is 1. The molecule has 0 radical (unpaired) electrons. The normalized spacial score (nSPS) is 12.3. The second-order valence-electron chi connectivity index (χ2n) is 3.04. The van der Waals surface area contributed by atoms with Crippen LogP contribution in [-0.4, -0.2) is 11.3 Å². The van der Waals surface area contributed by atoms with Crippen LogP contribution in [0.15, 0.2) is 18.2 Å². The summed E-state index contributed by atoms with van der Waals surface area (Å²) in [5.41, 5.74) is 0.876. The van der Waals surface area contributed by atoms with E-state index in [1.165, 1.54) is 13.0 Å². The summed E-state index contributed by atoms with van der Waals surface area (Å²) < 4.78 is 13.2. The van der Waals surface area contributed by atoms with Crippen LogP contribution in [0.1, 0.15) is 12.5 Å². The predicted octanol–water partition coefficient (Wildman–Crippen LogP) is 2.70. The van der Waals surface area contributed by atoms with E-state index in [2.05, 4.69) is 5.32 Å². The lowest BCUT2D eigenvalue weighted by Gasteiger charge is -2.09. The Morgan fingerprint density at radius 3 is 2.71 bits per heavy atom. The molecule has 4 heteroatoms. The van der Waals surface area contributed by atoms with Crippen LogP contribution in [0, 0.1) is 12.7 Å². The van der Waals surface area contributed by atoms with Gasteiger partial charge in [-0.2, -0.15) is 0 Å². The molecule has 2 nitrogen and oxygen atoms in total. The van der Waals surface area contributed by atoms with Crippen LogP contribution in [0.5, 0.6) is 0 Å². The summed E-state index contributed by atoms with van der Waals surface area (Å²) in [4.78, 5) is 11.2. The number of rotatable bonds is 2. The van der Waals surface area contributed by atoms with Crippen LogP contribution in [-0.2, 0) is 4.79 Å². The predicted molar refractivity (Wildman–Crippen MR) is 55.1 cm³/mol. The molecule has 1 aromatic rings. The zero-order chi connectivity index (χ0) is 10.7. The molecule has 0 fully saturated rings. The van der Waals surface area contributed by atoms with Crippen molar-refractivity contribution in [1.82, 2.24) is 0 Å². The minimum absolute atomic E-state index is 0.199. The molecule has 14 heavy (non-hydrogen) atoms. The summed E-state index contributed by atoms with van der Waals surface area (Å²) in [5, 5.41) is 1.76. The maximum Gasteiger partial charge on any atom is 0.242 e. The van der Waals surface area contributed by atoms with Crippen molar-refractivity contribution < 1.29 is 9.18 Å². The Labute approximate surface area is 87.1 Å². The first-order valence-corrected chi connectivity index (χ1v) is 4.66. The van der Waals surface area contributed by atoms with Gasteiger partial charge in [0.2, 0.25) is 5.91 Å². The summed E-state index contributed by atoms with van der Waals surface area (Å²) in [6.45, 7) is 3.25. The van der Waals surface area contributed by atoms with Crippen LogP contribution in [0.25, 0.3) is 0 Å². The first-order chi connectivity index (χ1) is 6.52. The Balaban J connectivity index is 2.91. The largest absolute Gasteiger partial charge is 0.322 e. The molecule has 0 bridgehead atoms. The fourth-order valence-corrected chi connectivity index (χ4v) is 1.07. The maximum atomic E-state index is 13.2. The molecule has 1 N–H and O–H groups in total. The summed E-state index contributed by atoms with van der Waals surface area (Å²) >= 11 is 5.55. The lowest BCUT2D eigenvalue weighted by Crippen LogP contribution is -2.21. The Kier molecular flexibility index (Phi) is 3.47. The minimum Gasteiger partial charge on any atom is -0.322 e. The van der Waals surface area contributed by atoms with Crippen LogP contribution in [0.2, 0.25) is 0 Å². The van der Waals surface area contributed by atoms with E-state index in [0.717, 1.165) is 0 Å². The van der Waals surface area contributed by atoms with Gasteiger partial charge in [-0.05, 0) is 25.5 Å². The van der Waals surface area contributed by atoms with E-state index in [0.29, 0.717) is 5.56 Å². The van der Waals surface area contributed by atoms with Gasteiger partial charge in [0, 0.05) is 0 Å². The molecule has 0 aliphatic carbocycles. The van der Waals surface area contributed by atoms with Gasteiger partial charge in [0.15, 0.2) is 0 Å². The van der Waals surface area contributed by atoms with Crippen LogP contribution >= 0.6 is 11.6 Å². The van der Waals surface area contributed by atoms with Crippen molar-refractivity contribution in [2.24, 2.45) is 0 Å². The quantitative estimate of drug-likeness (QED) is 0.756. The van der Waals surface area contributed by atoms with Crippen molar-refractivity contribution in [3.05, 3.63) is 29.6 Å². The highest BCUT2D eigenvalue weighted by Gasteiger charge is 2.12. The van der Waals surface area contributed by atoms with Crippen molar-refractivity contribution in [1.29, 1.82) is 0 Å². The van der Waals surface area contributed by atoms with Gasteiger partial charge < -0.3 is 5.32 Å². The standard InChI is InChI=1S/C10H11ClFNO/c1-6-4-3-5-8(12)9(6)13-10(14)7(2)11/h3-5,7H,1-2H3,(H,13,14). The number of halogens is 2. The van der Waals surface area contributed by atoms with Gasteiger partial charge in [-0.1, -0.05) is 12.1 Å². The van der Waals surface area contributed by atoms with E-state index >= 15 is 0 Å². The monoisotopic (exact) mass is 215 g/mol. The zero-order valence-corrected chi connectivity index (χ0v) is 8.73. The van der Waals surface area contributed by atoms with E-state index in [-0.39, 0.29) is 5.69 Å². The Hall–Kier alpha value is -1.09. The molecule has 1 rings (SSSR count). The van der Waals surface area contributed by atoms with Gasteiger partial charge >= 0.3 is 0 Å². The van der Waals surface area contributed by atoms with Gasteiger partial charge in [0.1, 0.15) is 11.2 Å². The number of hydrogen-bond acceptors (Lipinski definition) is 1. The third-order valence-electron chi connectivity index (χ3n) is 1.83. The highest BCUT2D eigenvalue weighted by Crippen LogP contribution is 2.19. The molecule has 0 spiro atoms. The Morgan fingerprint density at radius 2 is 2.21 bits per heavy atom. The van der Waals surface area contributed by atoms with Gasteiger partial charge in [-0.15, -0.1) is 11.6 Å². The van der Waals surface area contributed by atoms with Crippen LogP contribution < -0.4 is 5.32 Å². The summed E-state index contributed by atoms with van der Waals surface area (Å²) in [6, 6.07) is 4.60. The summed E-state index contributed by atoms with van der Waals surface area (Å²) in [6.07, 6.45) is 0. The Bertz CT molecular complexity index is 332. The molecule has 0 saturated heterocycles. The number of aryl methyl sites for hydroxylation is 1. The van der Waals surface area contributed by atoms with Gasteiger partial charge in [-0.3, -0.25) is 4.79 Å². The van der Waals surface area contributed by atoms with Crippen molar-refractivity contribution in [2.75, 3.05) is 5.32 Å². The third kappa shape index (κ3) is 2.45. The second kappa shape index (κ2) is 4.42. The number of hydrogen-bond donors (Lipinski definition) is 1. The highest BCUT2D eigenvalue weighted by molar-refractivity contribution is 6.32. The average Bonchev–Trinajstić information content (AvgIpc) is 2.11. The van der Waals surface area contributed by atoms with E-state index in [1.54, 1.807) is 19.1 Å². The number of carbonyl (C=O) groups is 1. The molecule has 0 heterocycles. The smallest absolute Gasteiger partial charge is 0.242 e. The van der Waals surface area contributed by atoms with Crippen LogP contribution in [0.4, 0.5) is 10.1 Å². The maximum absolute atomic E-state index is 13.2. The Morgan fingerprint density at radius 1 is 1.57 bits per heavy atom. The van der Waals surface area contributed by atoms with Gasteiger partial charge in [0.05, 0.1) is 5.69 Å². The van der Waals surface area contributed by atoms with Crippen molar-refractivity contribution in [2.45, 2.75) is 19.2 Å². The minimum atomic E-state index is -0.672. The van der Waals surface area contributed by atoms with Gasteiger partial charge in [-0.25, -0.2) is 4.39 Å². The number of benzene rings is 1. The lowest BCUT2D eigenvalue weighted by atomic mass is 10.2. The third-order valence-corrected chi connectivity index (χ3v) is 2.03. The molecule has 1 unspecified atom stereocenters. The number of para-hydroxylation sites is 1. The molecule has 0 aromatic heterocycles. The lowest BCUT2D eigenvalue weighted by molar-refractivity contribution is -0.115. The van der Waals surface area contributed by atoms with E-state index in [4.69, 9.17) is 11.6 Å². The van der Waals surface area contributed by atoms with Crippen molar-refractivity contribution in [3.8, 4) is 0 Å². The molecule has 1 aromatic carbocycles. The molecule has 0 aliphatic rings. The molecular weight excluding hydrogens is 205 g/mol. The van der Waals surface area contributed by atoms with E-state index < -0.39 is 17.1 Å². The SMILES string of the molecule is Cc1cccc(F)c1NC(=O)C(C)Cl. The number of carbonyl (C=O) groups excluding carboxylic acids is 1. The van der Waals surface area contributed by atoms with Crippen molar-refractivity contribution in [3.63, 3.8) is 0 Å². The fourth-order valence-electron chi connectivity index (χ4n) is 1.01. The van der Waals surface area contributed by atoms with Crippen LogP contribution in [0.3, 0.4) is 0 Å². The summed E-state index contributed by atoms with van der Waals surface area (Å²) in [5.74, 6) is -0.851. The topological polar surface area (TPSA) is 29.1 Å². The second-order valence-corrected chi connectivity index (χ2v) is 3.69. The molecule has 1 atom stereocenters.